The first kappa shape index (κ1) is 13.8. The molecule has 0 fully saturated rings. The number of ether oxygens (including phenoxy) is 1. The van der Waals surface area contributed by atoms with Crippen molar-refractivity contribution in [3.8, 4) is 5.75 Å². The Bertz CT molecular complexity index is 469. The van der Waals surface area contributed by atoms with Gasteiger partial charge in [-0.1, -0.05) is 30.3 Å². The lowest BCUT2D eigenvalue weighted by molar-refractivity contribution is -0.131. The van der Waals surface area contributed by atoms with E-state index in [9.17, 15) is 4.79 Å². The molecule has 0 saturated carbocycles. The summed E-state index contributed by atoms with van der Waals surface area (Å²) >= 11 is 8.94. The maximum absolute atomic E-state index is 10.5. The summed E-state index contributed by atoms with van der Waals surface area (Å²) in [5.74, 6) is -0.482. The van der Waals surface area contributed by atoms with Gasteiger partial charge in [-0.15, -0.1) is 0 Å². The molecule has 17 heavy (non-hydrogen) atoms. The van der Waals surface area contributed by atoms with E-state index in [0.717, 1.165) is 10.5 Å². The number of hydrogen-bond acceptors (Lipinski definition) is 2. The Morgan fingerprint density at radius 3 is 2.88 bits per heavy atom. The van der Waals surface area contributed by atoms with Gasteiger partial charge < -0.3 is 9.84 Å². The van der Waals surface area contributed by atoms with Crippen molar-refractivity contribution < 1.29 is 14.6 Å². The third-order valence-corrected chi connectivity index (χ3v) is 2.51. The van der Waals surface area contributed by atoms with Gasteiger partial charge in [-0.3, -0.25) is 0 Å². The Morgan fingerprint density at radius 1 is 1.59 bits per heavy atom. The Morgan fingerprint density at radius 2 is 2.29 bits per heavy atom. The molecular weight excluding hydrogens is 307 g/mol. The van der Waals surface area contributed by atoms with Gasteiger partial charge in [-0.25, -0.2) is 4.79 Å². The SMILES string of the molecule is C=C(Cl)COc1c(Br)cccc1/C=C/C(=O)O. The summed E-state index contributed by atoms with van der Waals surface area (Å²) in [6.07, 6.45) is 2.50. The molecule has 5 heteroatoms. The van der Waals surface area contributed by atoms with E-state index in [4.69, 9.17) is 21.4 Å². The number of rotatable bonds is 5. The first-order valence-corrected chi connectivity index (χ1v) is 5.83. The van der Waals surface area contributed by atoms with Crippen LogP contribution in [-0.4, -0.2) is 17.7 Å². The Hall–Kier alpha value is -1.26. The van der Waals surface area contributed by atoms with E-state index in [1.807, 2.05) is 0 Å². The molecule has 1 aromatic rings. The average molecular weight is 318 g/mol. The van der Waals surface area contributed by atoms with E-state index in [2.05, 4.69) is 22.5 Å². The van der Waals surface area contributed by atoms with Crippen LogP contribution in [0.15, 0.2) is 40.4 Å². The summed E-state index contributed by atoms with van der Waals surface area (Å²) < 4.78 is 6.16. The molecule has 0 unspecified atom stereocenters. The summed E-state index contributed by atoms with van der Waals surface area (Å²) in [6, 6.07) is 5.33. The summed E-state index contributed by atoms with van der Waals surface area (Å²) in [5.41, 5.74) is 0.652. The maximum atomic E-state index is 10.5. The van der Waals surface area contributed by atoms with Gasteiger partial charge in [0.25, 0.3) is 0 Å². The van der Waals surface area contributed by atoms with Crippen LogP contribution in [-0.2, 0) is 4.79 Å². The van der Waals surface area contributed by atoms with Crippen LogP contribution in [0.25, 0.3) is 6.08 Å². The molecule has 0 bridgehead atoms. The Kier molecular flexibility index (Phi) is 5.25. The summed E-state index contributed by atoms with van der Waals surface area (Å²) in [4.78, 5) is 10.5. The first-order chi connectivity index (χ1) is 8.00. The fourth-order valence-electron chi connectivity index (χ4n) is 1.12. The third kappa shape index (κ3) is 4.63. The molecule has 0 aliphatic heterocycles. The van der Waals surface area contributed by atoms with E-state index in [-0.39, 0.29) is 6.61 Å². The van der Waals surface area contributed by atoms with Gasteiger partial charge in [0.15, 0.2) is 0 Å². The molecule has 3 nitrogen and oxygen atoms in total. The molecule has 1 aromatic carbocycles. The largest absolute Gasteiger partial charge is 0.486 e. The van der Waals surface area contributed by atoms with Gasteiger partial charge in [-0.05, 0) is 28.1 Å². The van der Waals surface area contributed by atoms with Crippen LogP contribution in [0.5, 0.6) is 5.75 Å². The smallest absolute Gasteiger partial charge is 0.328 e. The van der Waals surface area contributed by atoms with Crippen molar-refractivity contribution in [3.63, 3.8) is 0 Å². The number of halogens is 2. The van der Waals surface area contributed by atoms with Crippen LogP contribution < -0.4 is 4.74 Å². The minimum absolute atomic E-state index is 0.165. The quantitative estimate of drug-likeness (QED) is 0.843. The van der Waals surface area contributed by atoms with Crippen molar-refractivity contribution in [2.24, 2.45) is 0 Å². The maximum Gasteiger partial charge on any atom is 0.328 e. The molecule has 0 heterocycles. The Labute approximate surface area is 112 Å². The molecule has 0 amide bonds. The van der Waals surface area contributed by atoms with Gasteiger partial charge >= 0.3 is 5.97 Å². The first-order valence-electron chi connectivity index (χ1n) is 4.66. The predicted molar refractivity (Wildman–Crippen MR) is 71.3 cm³/mol. The standard InChI is InChI=1S/C12H10BrClO3/c1-8(14)7-17-12-9(5-6-11(15)16)3-2-4-10(12)13/h2-6H,1,7H2,(H,15,16)/b6-5+. The molecule has 0 saturated heterocycles. The summed E-state index contributed by atoms with van der Waals surface area (Å²) in [5, 5.41) is 8.95. The van der Waals surface area contributed by atoms with Crippen molar-refractivity contribution in [1.29, 1.82) is 0 Å². The monoisotopic (exact) mass is 316 g/mol. The number of para-hydroxylation sites is 1. The van der Waals surface area contributed by atoms with Crippen LogP contribution in [0.1, 0.15) is 5.56 Å². The average Bonchev–Trinajstić information content (AvgIpc) is 2.24. The number of carbonyl (C=O) groups is 1. The number of carboxylic acids is 1. The topological polar surface area (TPSA) is 46.5 Å². The molecule has 90 valence electrons. The second kappa shape index (κ2) is 6.47. The van der Waals surface area contributed by atoms with Crippen molar-refractivity contribution in [1.82, 2.24) is 0 Å². The van der Waals surface area contributed by atoms with Gasteiger partial charge in [0.2, 0.25) is 0 Å². The van der Waals surface area contributed by atoms with Crippen LogP contribution in [0.4, 0.5) is 0 Å². The van der Waals surface area contributed by atoms with Gasteiger partial charge in [0.1, 0.15) is 12.4 Å². The van der Waals surface area contributed by atoms with Gasteiger partial charge in [0.05, 0.1) is 4.47 Å². The van der Waals surface area contributed by atoms with E-state index in [1.165, 1.54) is 6.08 Å². The normalized spacial score (nSPS) is 10.5. The number of benzene rings is 1. The lowest BCUT2D eigenvalue weighted by atomic mass is 10.2. The van der Waals surface area contributed by atoms with Crippen LogP contribution in [0.3, 0.4) is 0 Å². The zero-order valence-electron chi connectivity index (χ0n) is 8.82. The lowest BCUT2D eigenvalue weighted by Crippen LogP contribution is -1.99. The molecule has 0 aliphatic rings. The molecule has 0 atom stereocenters. The Balaban J connectivity index is 2.99. The summed E-state index contributed by atoms with van der Waals surface area (Å²) in [7, 11) is 0. The lowest BCUT2D eigenvalue weighted by Gasteiger charge is -2.10. The van der Waals surface area contributed by atoms with E-state index in [1.54, 1.807) is 18.2 Å². The fraction of sp³-hybridized carbons (Fsp3) is 0.0833. The molecule has 0 aromatic heterocycles. The van der Waals surface area contributed by atoms with Crippen molar-refractivity contribution in [2.75, 3.05) is 6.61 Å². The minimum atomic E-state index is -1.02. The highest BCUT2D eigenvalue weighted by atomic mass is 79.9. The third-order valence-electron chi connectivity index (χ3n) is 1.78. The highest BCUT2D eigenvalue weighted by molar-refractivity contribution is 9.10. The predicted octanol–water partition coefficient (Wildman–Crippen LogP) is 3.68. The molecule has 0 spiro atoms. The van der Waals surface area contributed by atoms with Crippen molar-refractivity contribution in [3.05, 3.63) is 45.9 Å². The molecular formula is C12H10BrClO3. The van der Waals surface area contributed by atoms with Crippen LogP contribution in [0, 0.1) is 0 Å². The van der Waals surface area contributed by atoms with Gasteiger partial charge in [0, 0.05) is 16.7 Å². The highest BCUT2D eigenvalue weighted by Crippen LogP contribution is 2.30. The van der Waals surface area contributed by atoms with Gasteiger partial charge in [-0.2, -0.15) is 0 Å². The zero-order chi connectivity index (χ0) is 12.8. The second-order valence-corrected chi connectivity index (χ2v) is 4.52. The molecule has 1 rings (SSSR count). The molecule has 0 radical (unpaired) electrons. The summed E-state index contributed by atoms with van der Waals surface area (Å²) in [6.45, 7) is 3.68. The van der Waals surface area contributed by atoms with E-state index in [0.29, 0.717) is 16.3 Å². The van der Waals surface area contributed by atoms with Crippen LogP contribution in [0.2, 0.25) is 0 Å². The second-order valence-electron chi connectivity index (χ2n) is 3.14. The number of aliphatic carboxylic acids is 1. The number of hydrogen-bond donors (Lipinski definition) is 1. The molecule has 0 aliphatic carbocycles. The minimum Gasteiger partial charge on any atom is -0.486 e. The van der Waals surface area contributed by atoms with E-state index < -0.39 is 5.97 Å². The van der Waals surface area contributed by atoms with E-state index >= 15 is 0 Å². The van der Waals surface area contributed by atoms with Crippen molar-refractivity contribution in [2.45, 2.75) is 0 Å². The molecule has 1 N–H and O–H groups in total. The number of carboxylic acid groups (broad SMARTS) is 1. The zero-order valence-corrected chi connectivity index (χ0v) is 11.2. The van der Waals surface area contributed by atoms with Crippen LogP contribution >= 0.6 is 27.5 Å². The van der Waals surface area contributed by atoms with Crippen molar-refractivity contribution >= 4 is 39.6 Å². The fourth-order valence-corrected chi connectivity index (χ4v) is 1.67. The highest BCUT2D eigenvalue weighted by Gasteiger charge is 2.06.